The van der Waals surface area contributed by atoms with Crippen LogP contribution in [0, 0.1) is 0 Å². The third-order valence-corrected chi connectivity index (χ3v) is 0.956. The van der Waals surface area contributed by atoms with E-state index in [9.17, 15) is 4.79 Å². The number of carbonyl (C=O) groups is 1. The molecule has 0 aliphatic rings. The van der Waals surface area contributed by atoms with Gasteiger partial charge >= 0.3 is 5.97 Å². The van der Waals surface area contributed by atoms with Crippen LogP contribution in [0.15, 0.2) is 0 Å². The Bertz CT molecular complexity index is 102. The second kappa shape index (κ2) is 5.20. The van der Waals surface area contributed by atoms with E-state index < -0.39 is 5.97 Å². The Morgan fingerprint density at radius 1 is 1.70 bits per heavy atom. The van der Waals surface area contributed by atoms with Crippen molar-refractivity contribution in [2.75, 3.05) is 13.2 Å². The number of aliphatic hydroxyl groups excluding tert-OH is 1. The molecule has 1 atom stereocenters. The van der Waals surface area contributed by atoms with Crippen LogP contribution >= 0.6 is 0 Å². The summed E-state index contributed by atoms with van der Waals surface area (Å²) in [6, 6.07) is 0. The van der Waals surface area contributed by atoms with Gasteiger partial charge in [-0.2, -0.15) is 0 Å². The van der Waals surface area contributed by atoms with Crippen LogP contribution in [0.4, 0.5) is 0 Å². The summed E-state index contributed by atoms with van der Waals surface area (Å²) in [4.78, 5) is 10.0. The van der Waals surface area contributed by atoms with E-state index in [-0.39, 0.29) is 25.7 Å². The molecule has 0 aromatic rings. The van der Waals surface area contributed by atoms with Gasteiger partial charge in [0.15, 0.2) is 0 Å². The summed E-state index contributed by atoms with van der Waals surface area (Å²) in [6.45, 7) is 1.79. The number of ether oxygens (including phenoxy) is 1. The maximum atomic E-state index is 10.0. The monoisotopic (exact) mass is 148 g/mol. The highest BCUT2D eigenvalue weighted by atomic mass is 16.5. The van der Waals surface area contributed by atoms with E-state index in [0.717, 1.165) is 0 Å². The van der Waals surface area contributed by atoms with E-state index in [2.05, 4.69) is 0 Å². The van der Waals surface area contributed by atoms with Crippen LogP contribution in [0.25, 0.3) is 0 Å². The summed E-state index contributed by atoms with van der Waals surface area (Å²) in [6.07, 6.45) is -0.329. The lowest BCUT2D eigenvalue weighted by Crippen LogP contribution is -2.15. The van der Waals surface area contributed by atoms with E-state index >= 15 is 0 Å². The summed E-state index contributed by atoms with van der Waals surface area (Å²) >= 11 is 0. The first-order valence-corrected chi connectivity index (χ1v) is 3.11. The maximum absolute atomic E-state index is 10.0. The number of aliphatic hydroxyl groups is 1. The zero-order valence-corrected chi connectivity index (χ0v) is 5.91. The third-order valence-electron chi connectivity index (χ3n) is 0.956. The predicted molar refractivity (Wildman–Crippen MR) is 34.8 cm³/mol. The quantitative estimate of drug-likeness (QED) is 0.569. The van der Waals surface area contributed by atoms with Crippen LogP contribution in [0.3, 0.4) is 0 Å². The highest BCUT2D eigenvalue weighted by molar-refractivity contribution is 5.67. The standard InChI is InChI=1S/C6H12O4/c1-5(4-6(8)9)10-3-2-7/h5,7H,2-4H2,1H3,(H,8,9)/t5-/m1/s1. The fourth-order valence-corrected chi connectivity index (χ4v) is 0.559. The second-order valence-corrected chi connectivity index (χ2v) is 2.00. The molecule has 0 bridgehead atoms. The Balaban J connectivity index is 3.25. The van der Waals surface area contributed by atoms with Gasteiger partial charge in [-0.1, -0.05) is 0 Å². The molecule has 0 heterocycles. The minimum Gasteiger partial charge on any atom is -0.481 e. The van der Waals surface area contributed by atoms with Crippen LogP contribution in [-0.4, -0.2) is 35.5 Å². The van der Waals surface area contributed by atoms with Crippen molar-refractivity contribution in [2.24, 2.45) is 0 Å². The zero-order chi connectivity index (χ0) is 7.98. The van der Waals surface area contributed by atoms with E-state index in [1.165, 1.54) is 0 Å². The average Bonchev–Trinajstić information content (AvgIpc) is 1.82. The third kappa shape index (κ3) is 5.53. The van der Waals surface area contributed by atoms with E-state index in [0.29, 0.717) is 0 Å². The molecular weight excluding hydrogens is 136 g/mol. The van der Waals surface area contributed by atoms with Gasteiger partial charge < -0.3 is 14.9 Å². The smallest absolute Gasteiger partial charge is 0.305 e. The predicted octanol–water partition coefficient (Wildman–Crippen LogP) is -0.142. The summed E-state index contributed by atoms with van der Waals surface area (Å²) < 4.78 is 4.87. The minimum absolute atomic E-state index is 0.0139. The second-order valence-electron chi connectivity index (χ2n) is 2.00. The SMILES string of the molecule is C[C@H](CC(=O)O)OCCO. The fraction of sp³-hybridized carbons (Fsp3) is 0.833. The molecule has 60 valence electrons. The van der Waals surface area contributed by atoms with Gasteiger partial charge in [0.05, 0.1) is 25.7 Å². The Hall–Kier alpha value is -0.610. The topological polar surface area (TPSA) is 66.8 Å². The van der Waals surface area contributed by atoms with Gasteiger partial charge in [0.25, 0.3) is 0 Å². The first-order chi connectivity index (χ1) is 4.66. The molecule has 0 aliphatic carbocycles. The normalized spacial score (nSPS) is 13.0. The van der Waals surface area contributed by atoms with Crippen molar-refractivity contribution in [1.82, 2.24) is 0 Å². The van der Waals surface area contributed by atoms with Crippen molar-refractivity contribution in [3.05, 3.63) is 0 Å². The number of hydrogen-bond donors (Lipinski definition) is 2. The zero-order valence-electron chi connectivity index (χ0n) is 5.91. The molecule has 0 saturated heterocycles. The van der Waals surface area contributed by atoms with Gasteiger partial charge in [-0.3, -0.25) is 4.79 Å². The molecule has 0 unspecified atom stereocenters. The maximum Gasteiger partial charge on any atom is 0.305 e. The number of carboxylic acids is 1. The fourth-order valence-electron chi connectivity index (χ4n) is 0.559. The number of carboxylic acid groups (broad SMARTS) is 1. The van der Waals surface area contributed by atoms with Crippen LogP contribution in [0.2, 0.25) is 0 Å². The highest BCUT2D eigenvalue weighted by Crippen LogP contribution is 1.95. The minimum atomic E-state index is -0.884. The Morgan fingerprint density at radius 2 is 2.30 bits per heavy atom. The molecular formula is C6H12O4. The van der Waals surface area contributed by atoms with Crippen molar-refractivity contribution < 1.29 is 19.7 Å². The van der Waals surface area contributed by atoms with Crippen molar-refractivity contribution in [1.29, 1.82) is 0 Å². The van der Waals surface area contributed by atoms with Crippen LogP contribution in [-0.2, 0) is 9.53 Å². The van der Waals surface area contributed by atoms with Gasteiger partial charge in [-0.15, -0.1) is 0 Å². The van der Waals surface area contributed by atoms with Crippen LogP contribution in [0.1, 0.15) is 13.3 Å². The number of rotatable bonds is 5. The van der Waals surface area contributed by atoms with Gasteiger partial charge in [0, 0.05) is 0 Å². The van der Waals surface area contributed by atoms with E-state index in [1.807, 2.05) is 0 Å². The van der Waals surface area contributed by atoms with Crippen molar-refractivity contribution in [3.63, 3.8) is 0 Å². The number of hydrogen-bond acceptors (Lipinski definition) is 3. The summed E-state index contributed by atoms with van der Waals surface area (Å²) in [5.74, 6) is -0.884. The first-order valence-electron chi connectivity index (χ1n) is 3.11. The Morgan fingerprint density at radius 3 is 2.70 bits per heavy atom. The Labute approximate surface area is 59.4 Å². The molecule has 0 spiro atoms. The van der Waals surface area contributed by atoms with Gasteiger partial charge in [0.2, 0.25) is 0 Å². The molecule has 0 aromatic heterocycles. The molecule has 10 heavy (non-hydrogen) atoms. The molecule has 0 amide bonds. The molecule has 0 fully saturated rings. The van der Waals surface area contributed by atoms with E-state index in [1.54, 1.807) is 6.92 Å². The lowest BCUT2D eigenvalue weighted by Gasteiger charge is -2.07. The van der Waals surface area contributed by atoms with Gasteiger partial charge in [0.1, 0.15) is 0 Å². The Kier molecular flexibility index (Phi) is 4.88. The summed E-state index contributed by atoms with van der Waals surface area (Å²) in [5, 5.41) is 16.5. The lowest BCUT2D eigenvalue weighted by atomic mass is 10.3. The summed E-state index contributed by atoms with van der Waals surface area (Å²) in [5.41, 5.74) is 0. The van der Waals surface area contributed by atoms with Crippen molar-refractivity contribution >= 4 is 5.97 Å². The molecule has 0 radical (unpaired) electrons. The highest BCUT2D eigenvalue weighted by Gasteiger charge is 2.06. The molecule has 0 aliphatic heterocycles. The van der Waals surface area contributed by atoms with E-state index in [4.69, 9.17) is 14.9 Å². The van der Waals surface area contributed by atoms with Crippen molar-refractivity contribution in [2.45, 2.75) is 19.4 Å². The lowest BCUT2D eigenvalue weighted by molar-refractivity contribution is -0.140. The first kappa shape index (κ1) is 9.39. The molecule has 4 heteroatoms. The molecule has 0 rings (SSSR count). The molecule has 4 nitrogen and oxygen atoms in total. The largest absolute Gasteiger partial charge is 0.481 e. The molecule has 0 saturated carbocycles. The summed E-state index contributed by atoms with van der Waals surface area (Å²) in [7, 11) is 0. The molecule has 0 aromatic carbocycles. The molecule has 2 N–H and O–H groups in total. The van der Waals surface area contributed by atoms with Gasteiger partial charge in [-0.05, 0) is 6.92 Å². The average molecular weight is 148 g/mol. The van der Waals surface area contributed by atoms with Crippen LogP contribution in [0.5, 0.6) is 0 Å². The van der Waals surface area contributed by atoms with Crippen LogP contribution < -0.4 is 0 Å². The number of aliphatic carboxylic acids is 1. The van der Waals surface area contributed by atoms with Gasteiger partial charge in [-0.25, -0.2) is 0 Å². The van der Waals surface area contributed by atoms with Crippen molar-refractivity contribution in [3.8, 4) is 0 Å².